The molecule has 0 bridgehead atoms. The highest BCUT2D eigenvalue weighted by atomic mass is 32.1. The SMILES string of the molecule is CC(Cc1cccs1)N(Cc1ccccc1)C(=O)c1cnnn1C. The third-order valence-electron chi connectivity index (χ3n) is 4.00. The third kappa shape index (κ3) is 3.71. The zero-order chi connectivity index (χ0) is 16.9. The second kappa shape index (κ2) is 7.40. The summed E-state index contributed by atoms with van der Waals surface area (Å²) < 4.78 is 1.53. The standard InChI is InChI=1S/C18H20N4OS/c1-14(11-16-9-6-10-24-16)22(13-15-7-4-3-5-8-15)18(23)17-12-19-20-21(17)2/h3-10,12,14H,11,13H2,1-2H3. The molecule has 0 aliphatic carbocycles. The molecule has 0 fully saturated rings. The predicted molar refractivity (Wildman–Crippen MR) is 94.8 cm³/mol. The maximum Gasteiger partial charge on any atom is 0.274 e. The van der Waals surface area contributed by atoms with Crippen LogP contribution >= 0.6 is 11.3 Å². The van der Waals surface area contributed by atoms with Crippen LogP contribution in [0.1, 0.15) is 27.9 Å². The second-order valence-corrected chi connectivity index (χ2v) is 6.83. The molecule has 0 N–H and O–H groups in total. The highest BCUT2D eigenvalue weighted by molar-refractivity contribution is 7.09. The van der Waals surface area contributed by atoms with Gasteiger partial charge in [0.25, 0.3) is 5.91 Å². The van der Waals surface area contributed by atoms with Crippen molar-refractivity contribution in [1.29, 1.82) is 0 Å². The van der Waals surface area contributed by atoms with Crippen LogP contribution in [-0.4, -0.2) is 31.8 Å². The number of rotatable bonds is 6. The fourth-order valence-corrected chi connectivity index (χ4v) is 3.49. The Morgan fingerprint density at radius 1 is 1.25 bits per heavy atom. The first-order valence-electron chi connectivity index (χ1n) is 7.87. The molecule has 0 aliphatic rings. The van der Waals surface area contributed by atoms with Crippen LogP contribution in [-0.2, 0) is 20.0 Å². The van der Waals surface area contributed by atoms with Gasteiger partial charge in [0, 0.05) is 30.9 Å². The molecule has 5 nitrogen and oxygen atoms in total. The maximum atomic E-state index is 13.0. The number of amides is 1. The van der Waals surface area contributed by atoms with Crippen molar-refractivity contribution in [3.8, 4) is 0 Å². The summed E-state index contributed by atoms with van der Waals surface area (Å²) in [6.45, 7) is 2.65. The fraction of sp³-hybridized carbons (Fsp3) is 0.278. The van der Waals surface area contributed by atoms with Gasteiger partial charge in [-0.1, -0.05) is 41.6 Å². The summed E-state index contributed by atoms with van der Waals surface area (Å²) in [4.78, 5) is 16.2. The van der Waals surface area contributed by atoms with Gasteiger partial charge in [-0.05, 0) is 23.9 Å². The topological polar surface area (TPSA) is 51.0 Å². The van der Waals surface area contributed by atoms with Crippen LogP contribution < -0.4 is 0 Å². The molecule has 3 rings (SSSR count). The molecule has 24 heavy (non-hydrogen) atoms. The zero-order valence-corrected chi connectivity index (χ0v) is 14.6. The van der Waals surface area contributed by atoms with Crippen molar-refractivity contribution in [2.45, 2.75) is 25.9 Å². The predicted octanol–water partition coefficient (Wildman–Crippen LogP) is 3.15. The van der Waals surface area contributed by atoms with Gasteiger partial charge >= 0.3 is 0 Å². The Morgan fingerprint density at radius 2 is 2.04 bits per heavy atom. The maximum absolute atomic E-state index is 13.0. The molecule has 124 valence electrons. The molecular formula is C18H20N4OS. The summed E-state index contributed by atoms with van der Waals surface area (Å²) in [5, 5.41) is 9.78. The van der Waals surface area contributed by atoms with E-state index in [1.165, 1.54) is 15.8 Å². The number of aryl methyl sites for hydroxylation is 1. The minimum Gasteiger partial charge on any atom is -0.330 e. The van der Waals surface area contributed by atoms with E-state index in [-0.39, 0.29) is 11.9 Å². The molecule has 6 heteroatoms. The number of aromatic nitrogens is 3. The summed E-state index contributed by atoms with van der Waals surface area (Å²) >= 11 is 1.72. The van der Waals surface area contributed by atoms with E-state index in [2.05, 4.69) is 28.7 Å². The number of carbonyl (C=O) groups excluding carboxylic acids is 1. The summed E-state index contributed by atoms with van der Waals surface area (Å²) in [6, 6.07) is 14.3. The summed E-state index contributed by atoms with van der Waals surface area (Å²) in [7, 11) is 1.74. The first kappa shape index (κ1) is 16.4. The number of benzene rings is 1. The molecule has 1 unspecified atom stereocenters. The van der Waals surface area contributed by atoms with E-state index in [1.54, 1.807) is 18.4 Å². The van der Waals surface area contributed by atoms with Gasteiger partial charge in [0.2, 0.25) is 0 Å². The molecule has 0 saturated heterocycles. The van der Waals surface area contributed by atoms with Crippen molar-refractivity contribution >= 4 is 17.2 Å². The molecule has 2 heterocycles. The molecule has 0 saturated carbocycles. The zero-order valence-electron chi connectivity index (χ0n) is 13.8. The van der Waals surface area contributed by atoms with Gasteiger partial charge in [-0.3, -0.25) is 4.79 Å². The van der Waals surface area contributed by atoms with Gasteiger partial charge in [-0.15, -0.1) is 16.4 Å². The Kier molecular flexibility index (Phi) is 5.05. The van der Waals surface area contributed by atoms with E-state index in [0.29, 0.717) is 12.2 Å². The van der Waals surface area contributed by atoms with Crippen LogP contribution in [0.3, 0.4) is 0 Å². The lowest BCUT2D eigenvalue weighted by Crippen LogP contribution is -2.40. The Balaban J connectivity index is 1.85. The van der Waals surface area contributed by atoms with Crippen LogP contribution in [0, 0.1) is 0 Å². The third-order valence-corrected chi connectivity index (χ3v) is 4.90. The van der Waals surface area contributed by atoms with Gasteiger partial charge in [0.15, 0.2) is 0 Å². The van der Waals surface area contributed by atoms with Gasteiger partial charge in [-0.25, -0.2) is 4.68 Å². The van der Waals surface area contributed by atoms with E-state index in [9.17, 15) is 4.79 Å². The number of thiophene rings is 1. The summed E-state index contributed by atoms with van der Waals surface area (Å²) in [5.74, 6) is -0.0459. The minimum atomic E-state index is -0.0459. The summed E-state index contributed by atoms with van der Waals surface area (Å²) in [5.41, 5.74) is 1.61. The van der Waals surface area contributed by atoms with Crippen molar-refractivity contribution in [3.05, 3.63) is 70.2 Å². The Bertz CT molecular complexity index is 782. The molecule has 0 radical (unpaired) electrons. The molecule has 2 aromatic heterocycles. The number of carbonyl (C=O) groups is 1. The molecule has 1 amide bonds. The largest absolute Gasteiger partial charge is 0.330 e. The normalized spacial score (nSPS) is 12.1. The van der Waals surface area contributed by atoms with Crippen molar-refractivity contribution in [2.24, 2.45) is 7.05 Å². The Labute approximate surface area is 145 Å². The molecule has 1 atom stereocenters. The Hall–Kier alpha value is -2.47. The fourth-order valence-electron chi connectivity index (χ4n) is 2.67. The molecule has 0 aliphatic heterocycles. The molecule has 0 spiro atoms. The van der Waals surface area contributed by atoms with Crippen molar-refractivity contribution in [3.63, 3.8) is 0 Å². The van der Waals surface area contributed by atoms with Crippen molar-refractivity contribution in [2.75, 3.05) is 0 Å². The average Bonchev–Trinajstić information content (AvgIpc) is 3.24. The van der Waals surface area contributed by atoms with Crippen molar-refractivity contribution in [1.82, 2.24) is 19.9 Å². The highest BCUT2D eigenvalue weighted by Gasteiger charge is 2.24. The lowest BCUT2D eigenvalue weighted by molar-refractivity contribution is 0.0664. The number of nitrogens with zero attached hydrogens (tertiary/aromatic N) is 4. The van der Waals surface area contributed by atoms with Crippen LogP contribution in [0.25, 0.3) is 0 Å². The lowest BCUT2D eigenvalue weighted by Gasteiger charge is -2.29. The first-order chi connectivity index (χ1) is 11.6. The van der Waals surface area contributed by atoms with Crippen LogP contribution in [0.4, 0.5) is 0 Å². The second-order valence-electron chi connectivity index (χ2n) is 5.79. The minimum absolute atomic E-state index is 0.0459. The van der Waals surface area contributed by atoms with Crippen LogP contribution in [0.5, 0.6) is 0 Å². The van der Waals surface area contributed by atoms with Gasteiger partial charge in [0.1, 0.15) is 5.69 Å². The average molecular weight is 340 g/mol. The van der Waals surface area contributed by atoms with E-state index >= 15 is 0 Å². The number of hydrogen-bond acceptors (Lipinski definition) is 4. The van der Waals surface area contributed by atoms with Crippen LogP contribution in [0.15, 0.2) is 54.0 Å². The number of hydrogen-bond donors (Lipinski definition) is 0. The molecule has 1 aromatic carbocycles. The van der Waals surface area contributed by atoms with E-state index < -0.39 is 0 Å². The van der Waals surface area contributed by atoms with E-state index in [0.717, 1.165) is 12.0 Å². The monoisotopic (exact) mass is 340 g/mol. The smallest absolute Gasteiger partial charge is 0.274 e. The van der Waals surface area contributed by atoms with Gasteiger partial charge in [-0.2, -0.15) is 0 Å². The summed E-state index contributed by atoms with van der Waals surface area (Å²) in [6.07, 6.45) is 2.36. The van der Waals surface area contributed by atoms with Gasteiger partial charge in [0.05, 0.1) is 6.20 Å². The van der Waals surface area contributed by atoms with Crippen LogP contribution in [0.2, 0.25) is 0 Å². The molecule has 3 aromatic rings. The lowest BCUT2D eigenvalue weighted by atomic mass is 10.1. The van der Waals surface area contributed by atoms with Gasteiger partial charge < -0.3 is 4.90 Å². The van der Waals surface area contributed by atoms with E-state index in [4.69, 9.17) is 0 Å². The van der Waals surface area contributed by atoms with Crippen molar-refractivity contribution < 1.29 is 4.79 Å². The highest BCUT2D eigenvalue weighted by Crippen LogP contribution is 2.18. The molecular weight excluding hydrogens is 320 g/mol. The van der Waals surface area contributed by atoms with E-state index in [1.807, 2.05) is 41.3 Å². The first-order valence-corrected chi connectivity index (χ1v) is 8.75. The quantitative estimate of drug-likeness (QED) is 0.693. The Morgan fingerprint density at radius 3 is 2.67 bits per heavy atom.